The van der Waals surface area contributed by atoms with E-state index in [4.69, 9.17) is 4.74 Å². The second-order valence-electron chi connectivity index (χ2n) is 8.25. The first kappa shape index (κ1) is 16.0. The van der Waals surface area contributed by atoms with Crippen molar-refractivity contribution in [3.05, 3.63) is 29.3 Å². The van der Waals surface area contributed by atoms with E-state index in [1.165, 1.54) is 30.4 Å². The molecule has 3 nitrogen and oxygen atoms in total. The Hall–Kier alpha value is -1.51. The molecule has 2 fully saturated rings. The van der Waals surface area contributed by atoms with Gasteiger partial charge in [0.25, 0.3) is 0 Å². The molecule has 1 N–H and O–H groups in total. The lowest BCUT2D eigenvalue weighted by molar-refractivity contribution is -0.157. The minimum absolute atomic E-state index is 0.0477. The van der Waals surface area contributed by atoms with E-state index in [0.29, 0.717) is 29.9 Å². The highest BCUT2D eigenvalue weighted by atomic mass is 16.5. The zero-order chi connectivity index (χ0) is 16.9. The van der Waals surface area contributed by atoms with E-state index in [9.17, 15) is 9.90 Å². The molecule has 0 spiro atoms. The summed E-state index contributed by atoms with van der Waals surface area (Å²) in [6.45, 7) is 4.24. The molecule has 0 bridgehead atoms. The maximum Gasteiger partial charge on any atom is 0.305 e. The van der Waals surface area contributed by atoms with Crippen LogP contribution in [0.5, 0.6) is 5.75 Å². The average Bonchev–Trinajstić information content (AvgIpc) is 2.90. The van der Waals surface area contributed by atoms with Crippen molar-refractivity contribution in [2.24, 2.45) is 17.3 Å². The molecule has 24 heavy (non-hydrogen) atoms. The fourth-order valence-electron chi connectivity index (χ4n) is 5.96. The highest BCUT2D eigenvalue weighted by Gasteiger charge is 2.56. The zero-order valence-corrected chi connectivity index (χ0v) is 14.8. The monoisotopic (exact) mass is 328 g/mol. The molecule has 0 aromatic heterocycles. The van der Waals surface area contributed by atoms with Crippen molar-refractivity contribution in [3.63, 3.8) is 0 Å². The Morgan fingerprint density at radius 2 is 2.12 bits per heavy atom. The predicted molar refractivity (Wildman–Crippen MR) is 92.9 cm³/mol. The summed E-state index contributed by atoms with van der Waals surface area (Å²) in [5.74, 6) is 2.32. The van der Waals surface area contributed by atoms with Gasteiger partial charge in [-0.05, 0) is 79.5 Å². The molecule has 3 aliphatic rings. The van der Waals surface area contributed by atoms with Crippen molar-refractivity contribution >= 4 is 5.97 Å². The molecule has 0 radical (unpaired) electrons. The van der Waals surface area contributed by atoms with Crippen LogP contribution < -0.4 is 0 Å². The van der Waals surface area contributed by atoms with Gasteiger partial charge < -0.3 is 9.84 Å². The quantitative estimate of drug-likeness (QED) is 0.809. The summed E-state index contributed by atoms with van der Waals surface area (Å²) >= 11 is 0. The summed E-state index contributed by atoms with van der Waals surface area (Å²) in [5, 5.41) is 9.77. The largest absolute Gasteiger partial charge is 0.508 e. The Morgan fingerprint density at radius 1 is 1.29 bits per heavy atom. The Kier molecular flexibility index (Phi) is 3.85. The maximum atomic E-state index is 11.8. The summed E-state index contributed by atoms with van der Waals surface area (Å²) in [6.07, 6.45) is 7.38. The van der Waals surface area contributed by atoms with Gasteiger partial charge in [-0.2, -0.15) is 0 Å². The van der Waals surface area contributed by atoms with Crippen LogP contribution >= 0.6 is 0 Å². The van der Waals surface area contributed by atoms with Gasteiger partial charge >= 0.3 is 5.97 Å². The predicted octanol–water partition coefficient (Wildman–Crippen LogP) is 4.57. The SMILES string of the molecule is CCC(=O)O[C@H]1CC[C@H]2[C@@H]3CCc4cc(O)ccc4[C@H]3CC[C@]12C. The summed E-state index contributed by atoms with van der Waals surface area (Å²) in [7, 11) is 0. The van der Waals surface area contributed by atoms with Gasteiger partial charge in [-0.3, -0.25) is 4.79 Å². The molecule has 0 heterocycles. The molecule has 1 aromatic carbocycles. The Balaban J connectivity index is 1.60. The number of rotatable bonds is 2. The normalized spacial score (nSPS) is 37.2. The third-order valence-electron chi connectivity index (χ3n) is 7.19. The van der Waals surface area contributed by atoms with Gasteiger partial charge in [-0.1, -0.05) is 19.9 Å². The lowest BCUT2D eigenvalue weighted by Crippen LogP contribution is -2.45. The lowest BCUT2D eigenvalue weighted by atomic mass is 9.55. The third kappa shape index (κ3) is 2.35. The summed E-state index contributed by atoms with van der Waals surface area (Å²) < 4.78 is 5.83. The van der Waals surface area contributed by atoms with Gasteiger partial charge in [0.1, 0.15) is 11.9 Å². The second-order valence-corrected chi connectivity index (χ2v) is 8.25. The molecule has 0 unspecified atom stereocenters. The van der Waals surface area contributed by atoms with Crippen LogP contribution in [0.25, 0.3) is 0 Å². The van der Waals surface area contributed by atoms with Crippen LogP contribution in [0.3, 0.4) is 0 Å². The molecule has 5 atom stereocenters. The molecule has 2 saturated carbocycles. The molecular formula is C21H28O3. The van der Waals surface area contributed by atoms with Crippen LogP contribution in [0.4, 0.5) is 0 Å². The number of benzene rings is 1. The number of phenols is 1. The molecule has 0 amide bonds. The van der Waals surface area contributed by atoms with E-state index in [2.05, 4.69) is 13.0 Å². The molecule has 4 rings (SSSR count). The van der Waals surface area contributed by atoms with Gasteiger partial charge in [-0.25, -0.2) is 0 Å². The van der Waals surface area contributed by atoms with E-state index in [1.54, 1.807) is 0 Å². The van der Waals surface area contributed by atoms with Crippen LogP contribution in [0.1, 0.15) is 69.4 Å². The van der Waals surface area contributed by atoms with Gasteiger partial charge in [0.05, 0.1) is 0 Å². The highest BCUT2D eigenvalue weighted by Crippen LogP contribution is 2.61. The van der Waals surface area contributed by atoms with Crippen LogP contribution in [-0.4, -0.2) is 17.2 Å². The van der Waals surface area contributed by atoms with Gasteiger partial charge in [0.2, 0.25) is 0 Å². The number of fused-ring (bicyclic) bond motifs is 5. The Morgan fingerprint density at radius 3 is 2.92 bits per heavy atom. The molecule has 0 aliphatic heterocycles. The van der Waals surface area contributed by atoms with Crippen molar-refractivity contribution in [2.45, 2.75) is 70.8 Å². The molecular weight excluding hydrogens is 300 g/mol. The van der Waals surface area contributed by atoms with Crippen LogP contribution in [0.2, 0.25) is 0 Å². The minimum atomic E-state index is -0.0477. The van der Waals surface area contributed by atoms with Crippen LogP contribution in [0, 0.1) is 17.3 Å². The van der Waals surface area contributed by atoms with E-state index in [1.807, 2.05) is 19.1 Å². The second kappa shape index (κ2) is 5.79. The summed E-state index contributed by atoms with van der Waals surface area (Å²) in [6, 6.07) is 5.95. The van der Waals surface area contributed by atoms with E-state index < -0.39 is 0 Å². The van der Waals surface area contributed by atoms with Crippen molar-refractivity contribution in [1.29, 1.82) is 0 Å². The first-order valence-corrected chi connectivity index (χ1v) is 9.54. The smallest absolute Gasteiger partial charge is 0.305 e. The van der Waals surface area contributed by atoms with Crippen molar-refractivity contribution in [3.8, 4) is 5.75 Å². The number of esters is 1. The van der Waals surface area contributed by atoms with E-state index >= 15 is 0 Å². The number of phenolic OH excluding ortho intramolecular Hbond substituents is 1. The van der Waals surface area contributed by atoms with Crippen molar-refractivity contribution < 1.29 is 14.6 Å². The first-order chi connectivity index (χ1) is 11.5. The number of hydrogen-bond donors (Lipinski definition) is 1. The van der Waals surface area contributed by atoms with Crippen LogP contribution in [-0.2, 0) is 16.0 Å². The molecule has 3 aliphatic carbocycles. The topological polar surface area (TPSA) is 46.5 Å². The number of carbonyl (C=O) groups excluding carboxylic acids is 1. The Labute approximate surface area is 144 Å². The van der Waals surface area contributed by atoms with E-state index in [0.717, 1.165) is 19.3 Å². The fraction of sp³-hybridized carbons (Fsp3) is 0.667. The zero-order valence-electron chi connectivity index (χ0n) is 14.8. The maximum absolute atomic E-state index is 11.8. The van der Waals surface area contributed by atoms with Crippen LogP contribution in [0.15, 0.2) is 18.2 Å². The summed E-state index contributed by atoms with van der Waals surface area (Å²) in [4.78, 5) is 11.8. The van der Waals surface area contributed by atoms with Crippen molar-refractivity contribution in [1.82, 2.24) is 0 Å². The third-order valence-corrected chi connectivity index (χ3v) is 7.19. The number of ether oxygens (including phenoxy) is 1. The van der Waals surface area contributed by atoms with Gasteiger partial charge in [0, 0.05) is 11.8 Å². The fourth-order valence-corrected chi connectivity index (χ4v) is 5.96. The number of aryl methyl sites for hydroxylation is 1. The molecule has 0 saturated heterocycles. The van der Waals surface area contributed by atoms with Crippen molar-refractivity contribution in [2.75, 3.05) is 0 Å². The molecule has 130 valence electrons. The molecule has 3 heteroatoms. The lowest BCUT2D eigenvalue weighted by Gasteiger charge is -2.50. The number of carbonyl (C=O) groups is 1. The highest BCUT2D eigenvalue weighted by molar-refractivity contribution is 5.69. The summed E-state index contributed by atoms with van der Waals surface area (Å²) in [5.41, 5.74) is 2.95. The number of hydrogen-bond acceptors (Lipinski definition) is 3. The van der Waals surface area contributed by atoms with E-state index in [-0.39, 0.29) is 17.5 Å². The van der Waals surface area contributed by atoms with Gasteiger partial charge in [0.15, 0.2) is 0 Å². The number of aromatic hydroxyl groups is 1. The minimum Gasteiger partial charge on any atom is -0.508 e. The standard InChI is InChI=1S/C21H28O3/c1-3-20(23)24-19-9-8-18-17-6-4-13-12-14(22)5-7-15(13)16(17)10-11-21(18,19)2/h5,7,12,16-19,22H,3-4,6,8-11H2,1-2H3/t16-,17-,18+,19+,21+/m1/s1. The average molecular weight is 328 g/mol. The Bertz CT molecular complexity index is 652. The van der Waals surface area contributed by atoms with Gasteiger partial charge in [-0.15, -0.1) is 0 Å². The molecule has 1 aromatic rings. The first-order valence-electron chi connectivity index (χ1n) is 9.54.